The van der Waals surface area contributed by atoms with Gasteiger partial charge >= 0.3 is 5.97 Å². The molecule has 0 spiro atoms. The van der Waals surface area contributed by atoms with Gasteiger partial charge in [-0.2, -0.15) is 9.90 Å². The van der Waals surface area contributed by atoms with Gasteiger partial charge in [-0.3, -0.25) is 0 Å². The van der Waals surface area contributed by atoms with Gasteiger partial charge in [0.05, 0.1) is 6.61 Å². The van der Waals surface area contributed by atoms with Gasteiger partial charge in [0, 0.05) is 12.6 Å². The van der Waals surface area contributed by atoms with Crippen molar-refractivity contribution in [2.75, 3.05) is 6.61 Å². The van der Waals surface area contributed by atoms with Crippen molar-refractivity contribution in [2.24, 2.45) is 7.05 Å². The highest BCUT2D eigenvalue weighted by Gasteiger charge is 2.19. The Morgan fingerprint density at radius 1 is 1.47 bits per heavy atom. The molecule has 0 atom stereocenters. The molecule has 1 N–H and O–H groups in total. The number of hydrogen-bond donors (Lipinski definition) is 1. The molecule has 100 valence electrons. The van der Waals surface area contributed by atoms with Crippen LogP contribution < -0.4 is 4.74 Å². The number of carbonyl (C=O) groups is 1. The number of nitrogens with zero attached hydrogens (tertiary/aromatic N) is 3. The molecular formula is C12H12FN3O3. The highest BCUT2D eigenvalue weighted by molar-refractivity contribution is 5.92. The van der Waals surface area contributed by atoms with E-state index in [0.29, 0.717) is 12.2 Å². The lowest BCUT2D eigenvalue weighted by molar-refractivity contribution is 0.0690. The van der Waals surface area contributed by atoms with Gasteiger partial charge in [-0.15, -0.1) is 5.10 Å². The molecular weight excluding hydrogens is 253 g/mol. The van der Waals surface area contributed by atoms with Crippen LogP contribution in [0.5, 0.6) is 5.75 Å². The number of benzene rings is 1. The molecule has 1 aromatic heterocycles. The van der Waals surface area contributed by atoms with Crippen molar-refractivity contribution in [2.45, 2.75) is 6.92 Å². The minimum atomic E-state index is -1.21. The second-order valence-electron chi connectivity index (χ2n) is 3.77. The van der Waals surface area contributed by atoms with Crippen molar-refractivity contribution < 1.29 is 19.0 Å². The van der Waals surface area contributed by atoms with Crippen LogP contribution in [0.1, 0.15) is 17.4 Å². The molecule has 0 unspecified atom stereocenters. The molecule has 0 radical (unpaired) electrons. The molecule has 0 aliphatic rings. The van der Waals surface area contributed by atoms with Gasteiger partial charge in [-0.05, 0) is 25.1 Å². The number of ether oxygens (including phenoxy) is 1. The predicted octanol–water partition coefficient (Wildman–Crippen LogP) is 1.72. The zero-order chi connectivity index (χ0) is 14.0. The smallest absolute Gasteiger partial charge is 0.358 e. The number of carboxylic acid groups (broad SMARTS) is 1. The Bertz CT molecular complexity index is 625. The molecule has 1 heterocycles. The van der Waals surface area contributed by atoms with E-state index in [-0.39, 0.29) is 17.1 Å². The first-order chi connectivity index (χ1) is 9.02. The molecule has 19 heavy (non-hydrogen) atoms. The Morgan fingerprint density at radius 3 is 2.79 bits per heavy atom. The molecule has 0 bridgehead atoms. The van der Waals surface area contributed by atoms with Crippen LogP contribution >= 0.6 is 0 Å². The molecule has 2 aromatic rings. The second-order valence-corrected chi connectivity index (χ2v) is 3.77. The Balaban J connectivity index is 2.48. The number of halogens is 1. The highest BCUT2D eigenvalue weighted by atomic mass is 19.1. The molecule has 0 fully saturated rings. The van der Waals surface area contributed by atoms with Crippen molar-refractivity contribution in [3.8, 4) is 17.0 Å². The van der Waals surface area contributed by atoms with Gasteiger partial charge in [0.25, 0.3) is 0 Å². The maximum Gasteiger partial charge on any atom is 0.358 e. The third kappa shape index (κ3) is 2.54. The fourth-order valence-electron chi connectivity index (χ4n) is 1.67. The van der Waals surface area contributed by atoms with Crippen molar-refractivity contribution in [1.82, 2.24) is 15.0 Å². The van der Waals surface area contributed by atoms with E-state index in [1.807, 2.05) is 0 Å². The summed E-state index contributed by atoms with van der Waals surface area (Å²) in [6.07, 6.45) is 0. The largest absolute Gasteiger partial charge is 0.491 e. The average Bonchev–Trinajstić information content (AvgIpc) is 2.74. The van der Waals surface area contributed by atoms with E-state index >= 15 is 0 Å². The number of aryl methyl sites for hydroxylation is 1. The summed E-state index contributed by atoms with van der Waals surface area (Å²) in [5.41, 5.74) is 0.245. The van der Waals surface area contributed by atoms with E-state index in [1.54, 1.807) is 13.0 Å². The Kier molecular flexibility index (Phi) is 3.46. The zero-order valence-electron chi connectivity index (χ0n) is 10.4. The summed E-state index contributed by atoms with van der Waals surface area (Å²) in [5, 5.41) is 16.7. The molecule has 0 amide bonds. The summed E-state index contributed by atoms with van der Waals surface area (Å²) in [6.45, 7) is 2.10. The molecule has 2 rings (SSSR count). The van der Waals surface area contributed by atoms with Crippen LogP contribution in [0, 0.1) is 5.82 Å². The molecule has 0 aliphatic heterocycles. The minimum absolute atomic E-state index is 0.118. The molecule has 0 saturated carbocycles. The lowest BCUT2D eigenvalue weighted by Gasteiger charge is -2.05. The monoisotopic (exact) mass is 265 g/mol. The van der Waals surface area contributed by atoms with E-state index in [1.165, 1.54) is 19.2 Å². The third-order valence-electron chi connectivity index (χ3n) is 2.42. The van der Waals surface area contributed by atoms with Crippen molar-refractivity contribution >= 4 is 5.97 Å². The summed E-state index contributed by atoms with van der Waals surface area (Å²) in [4.78, 5) is 12.2. The number of carboxylic acids is 1. The summed E-state index contributed by atoms with van der Waals surface area (Å²) in [5.74, 6) is -1.66. The normalized spacial score (nSPS) is 10.5. The summed E-state index contributed by atoms with van der Waals surface area (Å²) in [6, 6.07) is 4.17. The van der Waals surface area contributed by atoms with Crippen LogP contribution in [0.15, 0.2) is 18.2 Å². The fourth-order valence-corrected chi connectivity index (χ4v) is 1.67. The summed E-state index contributed by atoms with van der Waals surface area (Å²) in [7, 11) is 1.50. The van der Waals surface area contributed by atoms with Crippen molar-refractivity contribution in [3.63, 3.8) is 0 Å². The maximum atomic E-state index is 13.7. The van der Waals surface area contributed by atoms with E-state index in [4.69, 9.17) is 9.84 Å². The summed E-state index contributed by atoms with van der Waals surface area (Å²) >= 11 is 0. The van der Waals surface area contributed by atoms with Crippen molar-refractivity contribution in [3.05, 3.63) is 29.7 Å². The Morgan fingerprint density at radius 2 is 2.21 bits per heavy atom. The SMILES string of the molecule is CCOc1ccc(-c2nn(C)nc2C(=O)O)cc1F. The number of aromatic carboxylic acids is 1. The van der Waals surface area contributed by atoms with Crippen LogP contribution in [0.4, 0.5) is 4.39 Å². The molecule has 7 heteroatoms. The predicted molar refractivity (Wildman–Crippen MR) is 64.5 cm³/mol. The molecule has 0 saturated heterocycles. The maximum absolute atomic E-state index is 13.7. The number of hydrogen-bond acceptors (Lipinski definition) is 4. The van der Waals surface area contributed by atoms with Crippen LogP contribution in [-0.4, -0.2) is 32.7 Å². The van der Waals surface area contributed by atoms with Crippen LogP contribution in [-0.2, 0) is 7.05 Å². The highest BCUT2D eigenvalue weighted by Crippen LogP contribution is 2.26. The van der Waals surface area contributed by atoms with Gasteiger partial charge < -0.3 is 9.84 Å². The van der Waals surface area contributed by atoms with Gasteiger partial charge in [0.2, 0.25) is 0 Å². The molecule has 1 aromatic carbocycles. The van der Waals surface area contributed by atoms with Gasteiger partial charge in [0.15, 0.2) is 17.3 Å². The first-order valence-electron chi connectivity index (χ1n) is 5.60. The van der Waals surface area contributed by atoms with Crippen LogP contribution in [0.3, 0.4) is 0 Å². The van der Waals surface area contributed by atoms with Gasteiger partial charge in [-0.25, -0.2) is 9.18 Å². The van der Waals surface area contributed by atoms with Gasteiger partial charge in [0.1, 0.15) is 5.69 Å². The quantitative estimate of drug-likeness (QED) is 0.910. The first-order valence-corrected chi connectivity index (χ1v) is 5.60. The van der Waals surface area contributed by atoms with E-state index in [0.717, 1.165) is 4.80 Å². The standard InChI is InChI=1S/C12H12FN3O3/c1-3-19-9-5-4-7(6-8(9)13)10-11(12(17)18)15-16(2)14-10/h4-6H,3H2,1-2H3,(H,17,18). The Labute approximate surface area is 108 Å². The zero-order valence-corrected chi connectivity index (χ0v) is 10.4. The second kappa shape index (κ2) is 5.05. The van der Waals surface area contributed by atoms with Gasteiger partial charge in [-0.1, -0.05) is 0 Å². The van der Waals surface area contributed by atoms with Crippen LogP contribution in [0.2, 0.25) is 0 Å². The number of rotatable bonds is 4. The summed E-state index contributed by atoms with van der Waals surface area (Å²) < 4.78 is 18.8. The van der Waals surface area contributed by atoms with E-state index < -0.39 is 11.8 Å². The van der Waals surface area contributed by atoms with Crippen LogP contribution in [0.25, 0.3) is 11.3 Å². The average molecular weight is 265 g/mol. The molecule has 0 aliphatic carbocycles. The fraction of sp³-hybridized carbons (Fsp3) is 0.250. The topological polar surface area (TPSA) is 77.2 Å². The Hall–Kier alpha value is -2.44. The molecule has 6 nitrogen and oxygen atoms in total. The minimum Gasteiger partial charge on any atom is -0.491 e. The lowest BCUT2D eigenvalue weighted by atomic mass is 10.1. The number of aromatic nitrogens is 3. The van der Waals surface area contributed by atoms with E-state index in [2.05, 4.69) is 10.2 Å². The van der Waals surface area contributed by atoms with E-state index in [9.17, 15) is 9.18 Å². The third-order valence-corrected chi connectivity index (χ3v) is 2.42. The lowest BCUT2D eigenvalue weighted by Crippen LogP contribution is -2.01. The first kappa shape index (κ1) is 13.0. The van der Waals surface area contributed by atoms with Crippen molar-refractivity contribution in [1.29, 1.82) is 0 Å².